The maximum Gasteiger partial charge on any atom is 0.227 e. The average Bonchev–Trinajstić information content (AvgIpc) is 2.90. The summed E-state index contributed by atoms with van der Waals surface area (Å²) in [5.74, 6) is 0.249. The summed E-state index contributed by atoms with van der Waals surface area (Å²) in [4.78, 5) is 14.0. The maximum absolute atomic E-state index is 12.0. The van der Waals surface area contributed by atoms with Crippen molar-refractivity contribution in [3.63, 3.8) is 0 Å². The minimum Gasteiger partial charge on any atom is -0.338 e. The smallest absolute Gasteiger partial charge is 0.227 e. The van der Waals surface area contributed by atoms with Gasteiger partial charge in [-0.2, -0.15) is 0 Å². The molecular formula is C15H19BrN2O. The van der Waals surface area contributed by atoms with Crippen molar-refractivity contribution in [2.24, 2.45) is 0 Å². The van der Waals surface area contributed by atoms with Gasteiger partial charge in [0.25, 0.3) is 0 Å². The van der Waals surface area contributed by atoms with Gasteiger partial charge in [0.1, 0.15) is 0 Å². The van der Waals surface area contributed by atoms with Gasteiger partial charge in [-0.3, -0.25) is 4.79 Å². The summed E-state index contributed by atoms with van der Waals surface area (Å²) in [6.07, 6.45) is 2.98. The first-order valence-electron chi connectivity index (χ1n) is 7.01. The highest BCUT2D eigenvalue weighted by atomic mass is 79.9. The topological polar surface area (TPSA) is 32.3 Å². The molecule has 0 spiro atoms. The first kappa shape index (κ1) is 13.1. The van der Waals surface area contributed by atoms with Crippen LogP contribution in [0.4, 0.5) is 0 Å². The third-order valence-corrected chi connectivity index (χ3v) is 4.66. The van der Waals surface area contributed by atoms with Crippen molar-refractivity contribution in [3.8, 4) is 0 Å². The number of amides is 1. The Bertz CT molecular complexity index is 509. The Balaban J connectivity index is 2.03. The number of benzene rings is 1. The van der Waals surface area contributed by atoms with Gasteiger partial charge in [-0.1, -0.05) is 15.9 Å². The van der Waals surface area contributed by atoms with E-state index in [1.807, 2.05) is 4.90 Å². The van der Waals surface area contributed by atoms with Crippen molar-refractivity contribution in [3.05, 3.63) is 33.3 Å². The van der Waals surface area contributed by atoms with E-state index in [1.165, 1.54) is 29.5 Å². The van der Waals surface area contributed by atoms with Crippen molar-refractivity contribution in [2.75, 3.05) is 13.1 Å². The molecule has 0 unspecified atom stereocenters. The quantitative estimate of drug-likeness (QED) is 0.908. The number of hydrogen-bond acceptors (Lipinski definition) is 2. The summed E-state index contributed by atoms with van der Waals surface area (Å²) in [6.45, 7) is 4.72. The van der Waals surface area contributed by atoms with E-state index in [0.717, 1.165) is 24.1 Å². The molecule has 3 rings (SSSR count). The Kier molecular flexibility index (Phi) is 3.63. The molecule has 19 heavy (non-hydrogen) atoms. The fourth-order valence-corrected chi connectivity index (χ4v) is 3.69. The lowest BCUT2D eigenvalue weighted by molar-refractivity contribution is -0.131. The average molecular weight is 323 g/mol. The standard InChI is InChI=1S/C15H19BrN2O/c1-2-18-9-13-10(7-15(18)19)6-11(16)8-12(13)14-4-3-5-17-14/h6,8,14,17H,2-5,7,9H2,1H3/t14-/m0/s1. The number of likely N-dealkylation sites (N-methyl/N-ethyl adjacent to an activating group) is 1. The summed E-state index contributed by atoms with van der Waals surface area (Å²) >= 11 is 3.59. The molecule has 1 N–H and O–H groups in total. The van der Waals surface area contributed by atoms with Crippen molar-refractivity contribution >= 4 is 21.8 Å². The lowest BCUT2D eigenvalue weighted by Crippen LogP contribution is -2.37. The van der Waals surface area contributed by atoms with Crippen LogP contribution in [0.1, 0.15) is 42.5 Å². The van der Waals surface area contributed by atoms with Crippen LogP contribution in [-0.2, 0) is 17.8 Å². The van der Waals surface area contributed by atoms with Crippen molar-refractivity contribution in [1.82, 2.24) is 10.2 Å². The highest BCUT2D eigenvalue weighted by Gasteiger charge is 2.28. The molecule has 2 heterocycles. The summed E-state index contributed by atoms with van der Waals surface area (Å²) in [5.41, 5.74) is 3.95. The molecule has 1 fully saturated rings. The predicted molar refractivity (Wildman–Crippen MR) is 78.9 cm³/mol. The van der Waals surface area contributed by atoms with E-state index < -0.39 is 0 Å². The van der Waals surface area contributed by atoms with Crippen LogP contribution in [0, 0.1) is 0 Å². The molecule has 1 atom stereocenters. The van der Waals surface area contributed by atoms with Crippen LogP contribution in [-0.4, -0.2) is 23.9 Å². The number of rotatable bonds is 2. The number of halogens is 1. The molecule has 0 radical (unpaired) electrons. The molecular weight excluding hydrogens is 304 g/mol. The van der Waals surface area contributed by atoms with Crippen LogP contribution in [0.3, 0.4) is 0 Å². The first-order chi connectivity index (χ1) is 9.19. The van der Waals surface area contributed by atoms with Crippen LogP contribution >= 0.6 is 15.9 Å². The number of fused-ring (bicyclic) bond motifs is 1. The normalized spacial score (nSPS) is 22.7. The van der Waals surface area contributed by atoms with Gasteiger partial charge in [-0.25, -0.2) is 0 Å². The molecule has 3 nitrogen and oxygen atoms in total. The zero-order valence-corrected chi connectivity index (χ0v) is 12.8. The molecule has 2 aliphatic rings. The van der Waals surface area contributed by atoms with Gasteiger partial charge in [0.15, 0.2) is 0 Å². The van der Waals surface area contributed by atoms with Gasteiger partial charge in [-0.15, -0.1) is 0 Å². The molecule has 0 aromatic heterocycles. The number of nitrogens with one attached hydrogen (secondary N) is 1. The summed E-state index contributed by atoms with van der Waals surface area (Å²) in [5, 5.41) is 3.57. The van der Waals surface area contributed by atoms with Crippen LogP contribution in [0.2, 0.25) is 0 Å². The molecule has 0 bridgehead atoms. The largest absolute Gasteiger partial charge is 0.338 e. The number of carbonyl (C=O) groups is 1. The monoisotopic (exact) mass is 322 g/mol. The molecule has 0 aliphatic carbocycles. The van der Waals surface area contributed by atoms with Gasteiger partial charge in [0.2, 0.25) is 5.91 Å². The SMILES string of the molecule is CCN1Cc2c(cc(Br)cc2[C@@H]2CCCN2)CC1=O. The summed E-state index contributed by atoms with van der Waals surface area (Å²) in [6, 6.07) is 4.79. The van der Waals surface area contributed by atoms with Crippen molar-refractivity contribution in [1.29, 1.82) is 0 Å². The highest BCUT2D eigenvalue weighted by Crippen LogP contribution is 2.34. The predicted octanol–water partition coefficient (Wildman–Crippen LogP) is 2.78. The molecule has 1 aromatic rings. The van der Waals surface area contributed by atoms with Crippen LogP contribution < -0.4 is 5.32 Å². The van der Waals surface area contributed by atoms with Crippen LogP contribution in [0.15, 0.2) is 16.6 Å². The van der Waals surface area contributed by atoms with E-state index in [0.29, 0.717) is 12.5 Å². The minimum absolute atomic E-state index is 0.249. The first-order valence-corrected chi connectivity index (χ1v) is 7.80. The lowest BCUT2D eigenvalue weighted by atomic mass is 9.90. The zero-order chi connectivity index (χ0) is 13.4. The van der Waals surface area contributed by atoms with E-state index in [4.69, 9.17) is 0 Å². The Morgan fingerprint density at radius 3 is 3.00 bits per heavy atom. The van der Waals surface area contributed by atoms with E-state index in [9.17, 15) is 4.79 Å². The Morgan fingerprint density at radius 2 is 2.32 bits per heavy atom. The van der Waals surface area contributed by atoms with Crippen molar-refractivity contribution in [2.45, 2.75) is 38.8 Å². The third kappa shape index (κ3) is 2.43. The van der Waals surface area contributed by atoms with E-state index in [1.54, 1.807) is 0 Å². The highest BCUT2D eigenvalue weighted by molar-refractivity contribution is 9.10. The van der Waals surface area contributed by atoms with E-state index in [2.05, 4.69) is 40.3 Å². The summed E-state index contributed by atoms with van der Waals surface area (Å²) < 4.78 is 1.09. The second kappa shape index (κ2) is 5.25. The molecule has 102 valence electrons. The summed E-state index contributed by atoms with van der Waals surface area (Å²) in [7, 11) is 0. The van der Waals surface area contributed by atoms with Gasteiger partial charge < -0.3 is 10.2 Å². The van der Waals surface area contributed by atoms with Gasteiger partial charge in [0.05, 0.1) is 6.42 Å². The lowest BCUT2D eigenvalue weighted by Gasteiger charge is -2.31. The maximum atomic E-state index is 12.0. The molecule has 1 amide bonds. The van der Waals surface area contributed by atoms with Gasteiger partial charge in [-0.05, 0) is 55.1 Å². The van der Waals surface area contributed by atoms with Crippen LogP contribution in [0.25, 0.3) is 0 Å². The Morgan fingerprint density at radius 1 is 1.47 bits per heavy atom. The fourth-order valence-electron chi connectivity index (χ4n) is 3.17. The Labute approximate surface area is 122 Å². The number of hydrogen-bond donors (Lipinski definition) is 1. The second-order valence-corrected chi connectivity index (χ2v) is 6.28. The second-order valence-electron chi connectivity index (χ2n) is 5.37. The number of carbonyl (C=O) groups excluding carboxylic acids is 1. The zero-order valence-electron chi connectivity index (χ0n) is 11.2. The van der Waals surface area contributed by atoms with Gasteiger partial charge in [0, 0.05) is 23.6 Å². The third-order valence-electron chi connectivity index (χ3n) is 4.20. The van der Waals surface area contributed by atoms with Crippen LogP contribution in [0.5, 0.6) is 0 Å². The molecule has 1 aromatic carbocycles. The van der Waals surface area contributed by atoms with E-state index in [-0.39, 0.29) is 5.91 Å². The molecule has 0 saturated carbocycles. The molecule has 4 heteroatoms. The van der Waals surface area contributed by atoms with E-state index >= 15 is 0 Å². The van der Waals surface area contributed by atoms with Gasteiger partial charge >= 0.3 is 0 Å². The minimum atomic E-state index is 0.249. The molecule has 1 saturated heterocycles. The van der Waals surface area contributed by atoms with Crippen molar-refractivity contribution < 1.29 is 4.79 Å². The number of nitrogens with zero attached hydrogens (tertiary/aromatic N) is 1. The Hall–Kier alpha value is -0.870. The molecule has 2 aliphatic heterocycles. The fraction of sp³-hybridized carbons (Fsp3) is 0.533.